The Morgan fingerprint density at radius 2 is 1.48 bits per heavy atom. The van der Waals surface area contributed by atoms with Gasteiger partial charge in [-0.2, -0.15) is 0 Å². The van der Waals surface area contributed by atoms with E-state index < -0.39 is 23.4 Å². The van der Waals surface area contributed by atoms with Gasteiger partial charge in [0.25, 0.3) is 11.8 Å². The Labute approximate surface area is 122 Å². The number of benzene rings is 2. The summed E-state index contributed by atoms with van der Waals surface area (Å²) in [6.07, 6.45) is 0. The summed E-state index contributed by atoms with van der Waals surface area (Å²) in [6, 6.07) is 5.03. The van der Waals surface area contributed by atoms with Crippen LogP contribution in [-0.4, -0.2) is 16.9 Å². The van der Waals surface area contributed by atoms with Crippen LogP contribution in [0.15, 0.2) is 30.3 Å². The van der Waals surface area contributed by atoms with Crippen molar-refractivity contribution < 1.29 is 23.5 Å². The SMILES string of the molecule is O=C1c2cc(F)c(F)cc2C(=O)N1c1ccc(O)cc1Cl. The van der Waals surface area contributed by atoms with Crippen molar-refractivity contribution in [3.05, 3.63) is 58.1 Å². The Bertz CT molecular complexity index is 766. The van der Waals surface area contributed by atoms with Gasteiger partial charge in [0, 0.05) is 6.07 Å². The Balaban J connectivity index is 2.16. The number of hydrogen-bond acceptors (Lipinski definition) is 3. The Hall–Kier alpha value is -2.47. The summed E-state index contributed by atoms with van der Waals surface area (Å²) in [6.45, 7) is 0. The van der Waals surface area contributed by atoms with E-state index in [1.165, 1.54) is 12.1 Å². The number of halogens is 3. The summed E-state index contributed by atoms with van der Waals surface area (Å²) < 4.78 is 26.4. The lowest BCUT2D eigenvalue weighted by molar-refractivity contribution is 0.0926. The van der Waals surface area contributed by atoms with E-state index in [0.29, 0.717) is 17.0 Å². The fourth-order valence-electron chi connectivity index (χ4n) is 2.13. The summed E-state index contributed by atoms with van der Waals surface area (Å²) in [7, 11) is 0. The lowest BCUT2D eigenvalue weighted by Gasteiger charge is -2.15. The molecule has 106 valence electrons. The first-order valence-corrected chi connectivity index (χ1v) is 6.14. The standard InChI is InChI=1S/C14H6ClF2NO3/c15-9-3-6(19)1-2-12(9)18-13(20)7-4-10(16)11(17)5-8(7)14(18)21/h1-5,19H. The lowest BCUT2D eigenvalue weighted by Crippen LogP contribution is -2.29. The summed E-state index contributed by atoms with van der Waals surface area (Å²) in [4.78, 5) is 25.1. The highest BCUT2D eigenvalue weighted by atomic mass is 35.5. The van der Waals surface area contributed by atoms with E-state index in [1.54, 1.807) is 0 Å². The number of imide groups is 1. The third-order valence-corrected chi connectivity index (χ3v) is 3.40. The number of aromatic hydroxyl groups is 1. The predicted octanol–water partition coefficient (Wildman–Crippen LogP) is 3.12. The van der Waals surface area contributed by atoms with Crippen molar-refractivity contribution >= 4 is 29.1 Å². The zero-order valence-corrected chi connectivity index (χ0v) is 11.0. The van der Waals surface area contributed by atoms with Crippen LogP contribution in [0.4, 0.5) is 14.5 Å². The van der Waals surface area contributed by atoms with Crippen molar-refractivity contribution in [2.45, 2.75) is 0 Å². The zero-order chi connectivity index (χ0) is 15.3. The first-order valence-electron chi connectivity index (χ1n) is 5.76. The van der Waals surface area contributed by atoms with Gasteiger partial charge in [0.1, 0.15) is 5.75 Å². The molecule has 0 saturated carbocycles. The van der Waals surface area contributed by atoms with Gasteiger partial charge in [-0.05, 0) is 24.3 Å². The maximum Gasteiger partial charge on any atom is 0.266 e. The Morgan fingerprint density at radius 3 is 1.95 bits per heavy atom. The van der Waals surface area contributed by atoms with Gasteiger partial charge in [-0.1, -0.05) is 11.6 Å². The molecule has 1 aliphatic rings. The summed E-state index contributed by atoms with van der Waals surface area (Å²) in [5.74, 6) is -4.18. The molecular weight excluding hydrogens is 304 g/mol. The molecule has 1 aliphatic heterocycles. The van der Waals surface area contributed by atoms with Crippen molar-refractivity contribution in [1.29, 1.82) is 0 Å². The van der Waals surface area contributed by atoms with Crippen LogP contribution >= 0.6 is 11.6 Å². The molecule has 2 aromatic rings. The van der Waals surface area contributed by atoms with Gasteiger partial charge in [0.05, 0.1) is 21.8 Å². The second kappa shape index (κ2) is 4.53. The first kappa shape index (κ1) is 13.5. The Morgan fingerprint density at radius 1 is 0.952 bits per heavy atom. The van der Waals surface area contributed by atoms with Crippen LogP contribution < -0.4 is 4.90 Å². The molecule has 2 amide bonds. The minimum atomic E-state index is -1.21. The average Bonchev–Trinajstić information content (AvgIpc) is 2.64. The van der Waals surface area contributed by atoms with Crippen LogP contribution in [0, 0.1) is 11.6 Å². The largest absolute Gasteiger partial charge is 0.508 e. The minimum Gasteiger partial charge on any atom is -0.508 e. The third-order valence-electron chi connectivity index (χ3n) is 3.10. The van der Waals surface area contributed by atoms with Crippen LogP contribution in [0.5, 0.6) is 5.75 Å². The molecule has 7 heteroatoms. The number of fused-ring (bicyclic) bond motifs is 1. The van der Waals surface area contributed by atoms with E-state index >= 15 is 0 Å². The van der Waals surface area contributed by atoms with Gasteiger partial charge in [-0.3, -0.25) is 9.59 Å². The van der Waals surface area contributed by atoms with Crippen molar-refractivity contribution in [2.24, 2.45) is 0 Å². The molecule has 0 bridgehead atoms. The number of amides is 2. The Kier molecular flexibility index (Phi) is 2.91. The van der Waals surface area contributed by atoms with E-state index in [4.69, 9.17) is 11.6 Å². The molecule has 3 rings (SSSR count). The molecule has 0 unspecified atom stereocenters. The fraction of sp³-hybridized carbons (Fsp3) is 0. The molecule has 0 radical (unpaired) electrons. The molecule has 0 aliphatic carbocycles. The highest BCUT2D eigenvalue weighted by molar-refractivity contribution is 6.39. The molecule has 0 saturated heterocycles. The number of nitrogens with zero attached hydrogens (tertiary/aromatic N) is 1. The third kappa shape index (κ3) is 1.95. The monoisotopic (exact) mass is 309 g/mol. The molecule has 0 spiro atoms. The van der Waals surface area contributed by atoms with Crippen molar-refractivity contribution in [3.63, 3.8) is 0 Å². The first-order chi connectivity index (χ1) is 9.90. The maximum atomic E-state index is 13.2. The normalized spacial score (nSPS) is 13.8. The van der Waals surface area contributed by atoms with E-state index in [2.05, 4.69) is 0 Å². The second-order valence-corrected chi connectivity index (χ2v) is 4.80. The topological polar surface area (TPSA) is 57.6 Å². The van der Waals surface area contributed by atoms with E-state index in [9.17, 15) is 23.5 Å². The second-order valence-electron chi connectivity index (χ2n) is 4.39. The van der Waals surface area contributed by atoms with E-state index in [-0.39, 0.29) is 27.6 Å². The van der Waals surface area contributed by atoms with Crippen molar-refractivity contribution in [1.82, 2.24) is 0 Å². The average molecular weight is 310 g/mol. The van der Waals surface area contributed by atoms with E-state index in [1.807, 2.05) is 0 Å². The number of carbonyl (C=O) groups excluding carboxylic acids is 2. The zero-order valence-electron chi connectivity index (χ0n) is 10.2. The number of carbonyl (C=O) groups is 2. The van der Waals surface area contributed by atoms with Crippen LogP contribution in [0.1, 0.15) is 20.7 Å². The smallest absolute Gasteiger partial charge is 0.266 e. The maximum absolute atomic E-state index is 13.2. The van der Waals surface area contributed by atoms with Crippen LogP contribution in [0.3, 0.4) is 0 Å². The quantitative estimate of drug-likeness (QED) is 0.823. The van der Waals surface area contributed by atoms with Crippen LogP contribution in [0.2, 0.25) is 5.02 Å². The number of rotatable bonds is 1. The van der Waals surface area contributed by atoms with Gasteiger partial charge < -0.3 is 5.11 Å². The van der Waals surface area contributed by atoms with Gasteiger partial charge in [0.15, 0.2) is 11.6 Å². The fourth-order valence-corrected chi connectivity index (χ4v) is 2.39. The molecule has 0 atom stereocenters. The number of anilines is 1. The number of hydrogen-bond donors (Lipinski definition) is 1. The molecular formula is C14H6ClF2NO3. The summed E-state index contributed by atoms with van der Waals surface area (Å²) >= 11 is 5.89. The molecule has 21 heavy (non-hydrogen) atoms. The van der Waals surface area contributed by atoms with Crippen LogP contribution in [-0.2, 0) is 0 Å². The van der Waals surface area contributed by atoms with Crippen molar-refractivity contribution in [3.8, 4) is 5.75 Å². The van der Waals surface area contributed by atoms with Gasteiger partial charge >= 0.3 is 0 Å². The van der Waals surface area contributed by atoms with Crippen molar-refractivity contribution in [2.75, 3.05) is 4.90 Å². The van der Waals surface area contributed by atoms with Gasteiger partial charge in [-0.25, -0.2) is 13.7 Å². The minimum absolute atomic E-state index is 0.0292. The highest BCUT2D eigenvalue weighted by Gasteiger charge is 2.38. The van der Waals surface area contributed by atoms with Crippen LogP contribution in [0.25, 0.3) is 0 Å². The summed E-state index contributed by atoms with van der Waals surface area (Å²) in [5, 5.41) is 9.25. The summed E-state index contributed by atoms with van der Waals surface area (Å²) in [5.41, 5.74) is -0.437. The molecule has 0 aromatic heterocycles. The molecule has 2 aromatic carbocycles. The molecule has 1 heterocycles. The predicted molar refractivity (Wildman–Crippen MR) is 70.6 cm³/mol. The van der Waals surface area contributed by atoms with Gasteiger partial charge in [0.2, 0.25) is 0 Å². The van der Waals surface area contributed by atoms with Gasteiger partial charge in [-0.15, -0.1) is 0 Å². The number of phenolic OH excluding ortho intramolecular Hbond substituents is 1. The molecule has 4 nitrogen and oxygen atoms in total. The lowest BCUT2D eigenvalue weighted by atomic mass is 10.1. The highest BCUT2D eigenvalue weighted by Crippen LogP contribution is 2.35. The number of phenols is 1. The van der Waals surface area contributed by atoms with E-state index in [0.717, 1.165) is 6.07 Å². The molecule has 0 fully saturated rings. The molecule has 1 N–H and O–H groups in total.